The standard InChI is InChI=1S/C9H9FN2OS/c10-6-2-1-3-7-8(6)12(5-4-11)9(13)14-7/h1-3H,4-5,11H2. The Kier molecular flexibility index (Phi) is 2.35. The summed E-state index contributed by atoms with van der Waals surface area (Å²) < 4.78 is 15.4. The first kappa shape index (κ1) is 9.36. The summed E-state index contributed by atoms with van der Waals surface area (Å²) >= 11 is 1.04. The minimum absolute atomic E-state index is 0.157. The van der Waals surface area contributed by atoms with E-state index in [0.29, 0.717) is 23.3 Å². The van der Waals surface area contributed by atoms with Crippen LogP contribution in [0, 0.1) is 5.82 Å². The highest BCUT2D eigenvalue weighted by Crippen LogP contribution is 2.19. The molecule has 2 rings (SSSR count). The summed E-state index contributed by atoms with van der Waals surface area (Å²) in [5.41, 5.74) is 5.72. The lowest BCUT2D eigenvalue weighted by Crippen LogP contribution is -2.19. The quantitative estimate of drug-likeness (QED) is 0.812. The van der Waals surface area contributed by atoms with E-state index in [0.717, 1.165) is 11.3 Å². The molecule has 0 fully saturated rings. The molecule has 0 atom stereocenters. The fraction of sp³-hybridized carbons (Fsp3) is 0.222. The molecule has 0 aliphatic heterocycles. The lowest BCUT2D eigenvalue weighted by Gasteiger charge is -2.00. The molecular formula is C9H9FN2OS. The maximum absolute atomic E-state index is 13.4. The molecule has 0 saturated heterocycles. The van der Waals surface area contributed by atoms with E-state index < -0.39 is 0 Å². The molecule has 1 heterocycles. The number of halogens is 1. The first-order valence-corrected chi connectivity index (χ1v) is 5.03. The van der Waals surface area contributed by atoms with Gasteiger partial charge in [-0.25, -0.2) is 4.39 Å². The highest BCUT2D eigenvalue weighted by Gasteiger charge is 2.10. The maximum atomic E-state index is 13.4. The fourth-order valence-electron chi connectivity index (χ4n) is 1.41. The number of rotatable bonds is 2. The van der Waals surface area contributed by atoms with Crippen molar-refractivity contribution in [3.63, 3.8) is 0 Å². The van der Waals surface area contributed by atoms with Gasteiger partial charge in [-0.3, -0.25) is 9.36 Å². The van der Waals surface area contributed by atoms with Gasteiger partial charge in [-0.15, -0.1) is 0 Å². The fourth-order valence-corrected chi connectivity index (χ4v) is 2.34. The summed E-state index contributed by atoms with van der Waals surface area (Å²) in [5.74, 6) is -0.366. The van der Waals surface area contributed by atoms with Crippen LogP contribution in [-0.4, -0.2) is 11.1 Å². The SMILES string of the molecule is NCCn1c(=O)sc2cccc(F)c21. The number of benzene rings is 1. The van der Waals surface area contributed by atoms with Crippen molar-refractivity contribution in [1.29, 1.82) is 0 Å². The Morgan fingerprint density at radius 1 is 1.50 bits per heavy atom. The average Bonchev–Trinajstić information content (AvgIpc) is 2.45. The largest absolute Gasteiger partial charge is 0.329 e. The molecule has 0 spiro atoms. The predicted octanol–water partition coefficient (Wildman–Crippen LogP) is 1.16. The molecule has 2 N–H and O–H groups in total. The van der Waals surface area contributed by atoms with Gasteiger partial charge in [0, 0.05) is 13.1 Å². The van der Waals surface area contributed by atoms with Crippen molar-refractivity contribution in [3.8, 4) is 0 Å². The molecule has 0 radical (unpaired) electrons. The van der Waals surface area contributed by atoms with E-state index in [9.17, 15) is 9.18 Å². The maximum Gasteiger partial charge on any atom is 0.308 e. The Bertz CT molecular complexity index is 517. The molecule has 1 aromatic carbocycles. The van der Waals surface area contributed by atoms with Crippen molar-refractivity contribution < 1.29 is 4.39 Å². The number of nitrogens with two attached hydrogens (primary N) is 1. The summed E-state index contributed by atoms with van der Waals surface area (Å²) in [7, 11) is 0. The Hall–Kier alpha value is -1.20. The van der Waals surface area contributed by atoms with Crippen LogP contribution in [0.15, 0.2) is 23.0 Å². The monoisotopic (exact) mass is 212 g/mol. The van der Waals surface area contributed by atoms with Gasteiger partial charge in [-0.1, -0.05) is 17.4 Å². The molecule has 2 aromatic rings. The van der Waals surface area contributed by atoms with Gasteiger partial charge in [0.05, 0.1) is 10.2 Å². The van der Waals surface area contributed by atoms with Crippen molar-refractivity contribution in [2.45, 2.75) is 6.54 Å². The van der Waals surface area contributed by atoms with E-state index in [-0.39, 0.29) is 10.7 Å². The molecule has 0 bridgehead atoms. The molecule has 74 valence electrons. The number of aromatic nitrogens is 1. The van der Waals surface area contributed by atoms with Crippen LogP contribution in [0.2, 0.25) is 0 Å². The third kappa shape index (κ3) is 1.34. The van der Waals surface area contributed by atoms with Crippen LogP contribution in [0.4, 0.5) is 4.39 Å². The molecular weight excluding hydrogens is 203 g/mol. The van der Waals surface area contributed by atoms with Crippen LogP contribution in [0.5, 0.6) is 0 Å². The van der Waals surface area contributed by atoms with Gasteiger partial charge in [0.1, 0.15) is 5.82 Å². The Morgan fingerprint density at radius 3 is 3.00 bits per heavy atom. The van der Waals surface area contributed by atoms with Crippen molar-refractivity contribution in [1.82, 2.24) is 4.57 Å². The number of nitrogens with zero attached hydrogens (tertiary/aromatic N) is 1. The summed E-state index contributed by atoms with van der Waals surface area (Å²) in [6, 6.07) is 4.68. The number of para-hydroxylation sites is 1. The Labute approximate surface area is 83.6 Å². The van der Waals surface area contributed by atoms with Gasteiger partial charge in [-0.2, -0.15) is 0 Å². The molecule has 5 heteroatoms. The molecule has 0 saturated carbocycles. The number of hydrogen-bond donors (Lipinski definition) is 1. The van der Waals surface area contributed by atoms with Crippen LogP contribution in [0.25, 0.3) is 10.2 Å². The predicted molar refractivity (Wildman–Crippen MR) is 55.1 cm³/mol. The topological polar surface area (TPSA) is 48.0 Å². The van der Waals surface area contributed by atoms with E-state index >= 15 is 0 Å². The first-order valence-electron chi connectivity index (χ1n) is 4.22. The molecule has 0 aliphatic rings. The van der Waals surface area contributed by atoms with Crippen molar-refractivity contribution >= 4 is 21.6 Å². The normalized spacial score (nSPS) is 11.0. The molecule has 0 aliphatic carbocycles. The molecule has 3 nitrogen and oxygen atoms in total. The summed E-state index contributed by atoms with van der Waals surface area (Å²) in [6.45, 7) is 0.694. The van der Waals surface area contributed by atoms with Crippen LogP contribution < -0.4 is 10.6 Å². The highest BCUT2D eigenvalue weighted by molar-refractivity contribution is 7.16. The zero-order chi connectivity index (χ0) is 10.1. The van der Waals surface area contributed by atoms with Gasteiger partial charge in [0.15, 0.2) is 0 Å². The van der Waals surface area contributed by atoms with Crippen molar-refractivity contribution in [3.05, 3.63) is 33.7 Å². The van der Waals surface area contributed by atoms with Crippen LogP contribution >= 0.6 is 11.3 Å². The lowest BCUT2D eigenvalue weighted by atomic mass is 10.3. The van der Waals surface area contributed by atoms with Gasteiger partial charge < -0.3 is 5.73 Å². The number of fused-ring (bicyclic) bond motifs is 1. The van der Waals surface area contributed by atoms with Gasteiger partial charge in [0.2, 0.25) is 0 Å². The van der Waals surface area contributed by atoms with Crippen molar-refractivity contribution in [2.75, 3.05) is 6.54 Å². The van der Waals surface area contributed by atoms with E-state index in [1.165, 1.54) is 10.6 Å². The smallest absolute Gasteiger partial charge is 0.308 e. The van der Waals surface area contributed by atoms with E-state index in [1.807, 2.05) is 0 Å². The minimum Gasteiger partial charge on any atom is -0.329 e. The summed E-state index contributed by atoms with van der Waals surface area (Å²) in [6.07, 6.45) is 0. The zero-order valence-corrected chi connectivity index (χ0v) is 8.18. The minimum atomic E-state index is -0.366. The van der Waals surface area contributed by atoms with Gasteiger partial charge in [-0.05, 0) is 12.1 Å². The Morgan fingerprint density at radius 2 is 2.29 bits per heavy atom. The van der Waals surface area contributed by atoms with Crippen LogP contribution in [-0.2, 0) is 6.54 Å². The molecule has 14 heavy (non-hydrogen) atoms. The first-order chi connectivity index (χ1) is 6.74. The highest BCUT2D eigenvalue weighted by atomic mass is 32.1. The van der Waals surface area contributed by atoms with E-state index in [4.69, 9.17) is 5.73 Å². The third-order valence-electron chi connectivity index (χ3n) is 1.99. The molecule has 1 aromatic heterocycles. The second kappa shape index (κ2) is 3.51. The average molecular weight is 212 g/mol. The number of hydrogen-bond acceptors (Lipinski definition) is 3. The van der Waals surface area contributed by atoms with Crippen LogP contribution in [0.3, 0.4) is 0 Å². The van der Waals surface area contributed by atoms with E-state index in [1.54, 1.807) is 12.1 Å². The third-order valence-corrected chi connectivity index (χ3v) is 2.93. The van der Waals surface area contributed by atoms with Gasteiger partial charge in [0.25, 0.3) is 0 Å². The lowest BCUT2D eigenvalue weighted by molar-refractivity contribution is 0.620. The Balaban J connectivity index is 2.79. The van der Waals surface area contributed by atoms with E-state index in [2.05, 4.69) is 0 Å². The summed E-state index contributed by atoms with van der Waals surface area (Å²) in [5, 5.41) is 0. The summed E-state index contributed by atoms with van der Waals surface area (Å²) in [4.78, 5) is 11.3. The second-order valence-corrected chi connectivity index (χ2v) is 3.89. The van der Waals surface area contributed by atoms with Crippen LogP contribution in [0.1, 0.15) is 0 Å². The second-order valence-electron chi connectivity index (χ2n) is 2.89. The van der Waals surface area contributed by atoms with Gasteiger partial charge >= 0.3 is 4.87 Å². The molecule has 0 unspecified atom stereocenters. The number of thiazole rings is 1. The molecule has 0 amide bonds. The zero-order valence-electron chi connectivity index (χ0n) is 7.37. The van der Waals surface area contributed by atoms with Crippen molar-refractivity contribution in [2.24, 2.45) is 5.73 Å².